The number of fused-ring (bicyclic) bond motifs is 4. The summed E-state index contributed by atoms with van der Waals surface area (Å²) in [5.41, 5.74) is 7.56. The van der Waals surface area contributed by atoms with Gasteiger partial charge in [0.25, 0.3) is 0 Å². The van der Waals surface area contributed by atoms with Crippen molar-refractivity contribution in [2.45, 2.75) is 89.3 Å². The summed E-state index contributed by atoms with van der Waals surface area (Å²) >= 11 is 30.8. The van der Waals surface area contributed by atoms with Gasteiger partial charge in [-0.3, -0.25) is 19.2 Å². The molecule has 4 aromatic carbocycles. The minimum Gasteiger partial charge on any atom is -0.870 e. The number of nitrogens with zero attached hydrogens (tertiary/aromatic N) is 2. The van der Waals surface area contributed by atoms with Gasteiger partial charge in [0, 0.05) is 69.7 Å². The average Bonchev–Trinajstić information content (AvgIpc) is 1.76. The van der Waals surface area contributed by atoms with Crippen LogP contribution in [0, 0.1) is 5.92 Å². The van der Waals surface area contributed by atoms with E-state index in [1.807, 2.05) is 46.9 Å². The van der Waals surface area contributed by atoms with Crippen LogP contribution < -0.4 is 75.2 Å². The van der Waals surface area contributed by atoms with E-state index in [1.165, 1.54) is 65.1 Å². The number of H-pyrrole nitrogens is 3. The minimum atomic E-state index is -0.844. The Morgan fingerprint density at radius 1 is 0.594 bits per heavy atom. The molecule has 516 valence electrons. The molecule has 0 bridgehead atoms. The van der Waals surface area contributed by atoms with Gasteiger partial charge in [-0.1, -0.05) is 89.5 Å². The van der Waals surface area contributed by atoms with Crippen LogP contribution in [0.1, 0.15) is 109 Å². The summed E-state index contributed by atoms with van der Waals surface area (Å²) in [5, 5.41) is 12.0. The summed E-state index contributed by atoms with van der Waals surface area (Å²) < 4.78 is 39.9. The molecule has 24 nitrogen and oxygen atoms in total. The number of nitrogens with two attached hydrogens (primary N) is 1. The Bertz CT molecular complexity index is 4220. The van der Waals surface area contributed by atoms with Gasteiger partial charge in [0.15, 0.2) is 32.3 Å². The number of ether oxygens (including phenoxy) is 8. The summed E-state index contributed by atoms with van der Waals surface area (Å²) in [6.45, 7) is 13.8. The normalized spacial score (nSPS) is 10.0. The molecule has 0 fully saturated rings. The molecule has 0 aliphatic carbocycles. The van der Waals surface area contributed by atoms with Gasteiger partial charge >= 0.3 is 37.0 Å². The Morgan fingerprint density at radius 3 is 1.39 bits per heavy atom. The minimum absolute atomic E-state index is 0. The van der Waals surface area contributed by atoms with Crippen molar-refractivity contribution in [3.05, 3.63) is 146 Å². The number of hydrogen-bond donors (Lipinski definition) is 6. The zero-order valence-corrected chi connectivity index (χ0v) is 57.7. The molecule has 31 heteroatoms. The maximum atomic E-state index is 12.3. The van der Waals surface area contributed by atoms with E-state index >= 15 is 0 Å². The molecule has 0 saturated carbocycles. The molecular formula is C65H79Cl4LiN8O16S2. The van der Waals surface area contributed by atoms with Crippen molar-refractivity contribution < 1.29 is 81.4 Å². The number of ketones is 1. The predicted molar refractivity (Wildman–Crippen MR) is 383 cm³/mol. The van der Waals surface area contributed by atoms with E-state index in [-0.39, 0.29) is 126 Å². The van der Waals surface area contributed by atoms with Crippen molar-refractivity contribution in [3.8, 4) is 40.1 Å². The molecule has 0 radical (unpaired) electrons. The van der Waals surface area contributed by atoms with Crippen LogP contribution in [0.4, 0.5) is 9.93 Å². The summed E-state index contributed by atoms with van der Waals surface area (Å²) in [6.07, 6.45) is -0.583. The Hall–Kier alpha value is -8.16. The van der Waals surface area contributed by atoms with E-state index in [4.69, 9.17) is 80.6 Å². The molecule has 0 amide bonds. The Balaban J connectivity index is 0.00000120. The first-order valence-electron chi connectivity index (χ1n) is 27.3. The third kappa shape index (κ3) is 23.0. The fourth-order valence-corrected chi connectivity index (χ4v) is 10.2. The number of rotatable bonds is 15. The van der Waals surface area contributed by atoms with Gasteiger partial charge in [0.05, 0.1) is 82.7 Å². The molecular weight excluding hydrogens is 1360 g/mol. The number of benzene rings is 4. The van der Waals surface area contributed by atoms with Crippen LogP contribution in [0.3, 0.4) is 0 Å². The first-order valence-corrected chi connectivity index (χ1v) is 30.1. The number of thiocarbonyl (C=S) groups is 1. The topological polar surface area (TPSA) is 347 Å². The van der Waals surface area contributed by atoms with Crippen LogP contribution in [0.25, 0.3) is 55.0 Å². The Morgan fingerprint density at radius 2 is 1.01 bits per heavy atom. The van der Waals surface area contributed by atoms with Gasteiger partial charge in [0.1, 0.15) is 65.9 Å². The molecule has 5 aromatic heterocycles. The zero-order valence-electron chi connectivity index (χ0n) is 53.0. The van der Waals surface area contributed by atoms with Gasteiger partial charge < -0.3 is 74.7 Å². The van der Waals surface area contributed by atoms with Crippen LogP contribution in [0.15, 0.2) is 92.6 Å². The number of halogens is 4. The van der Waals surface area contributed by atoms with Gasteiger partial charge in [-0.05, 0) is 94.4 Å². The number of hydrogen-bond acceptors (Lipinski definition) is 21. The van der Waals surface area contributed by atoms with E-state index in [1.54, 1.807) is 68.6 Å². The number of aromatic nitrogens is 5. The fourth-order valence-electron chi connectivity index (χ4n) is 7.97. The molecule has 0 spiro atoms. The second-order valence-corrected chi connectivity index (χ2v) is 22.8. The van der Waals surface area contributed by atoms with E-state index in [0.29, 0.717) is 100 Å². The number of esters is 2. The number of methoxy groups -OCH3 is 6. The van der Waals surface area contributed by atoms with Crippen molar-refractivity contribution in [1.82, 2.24) is 30.2 Å². The second-order valence-electron chi connectivity index (χ2n) is 20.0. The van der Waals surface area contributed by atoms with Crippen LogP contribution in [-0.4, -0.2) is 121 Å². The number of nitrogens with one attached hydrogen (secondary N) is 5. The van der Waals surface area contributed by atoms with Crippen molar-refractivity contribution in [2.24, 2.45) is 11.7 Å². The molecule has 8 N–H and O–H groups in total. The molecule has 5 heterocycles. The number of carbonyl (C=O) groups excluding carboxylic acids is 4. The molecule has 0 saturated heterocycles. The molecule has 96 heavy (non-hydrogen) atoms. The third-order valence-corrected chi connectivity index (χ3v) is 14.6. The van der Waals surface area contributed by atoms with Crippen LogP contribution >= 0.6 is 70.0 Å². The van der Waals surface area contributed by atoms with Gasteiger partial charge in [-0.15, -0.1) is 11.3 Å². The molecule has 0 atom stereocenters. The zero-order chi connectivity index (χ0) is 67.6. The van der Waals surface area contributed by atoms with Gasteiger partial charge in [-0.2, -0.15) is 0 Å². The quantitative estimate of drug-likeness (QED) is 0.0182. The van der Waals surface area contributed by atoms with Crippen LogP contribution in [0.5, 0.6) is 28.7 Å². The first kappa shape index (κ1) is 87.8. The summed E-state index contributed by atoms with van der Waals surface area (Å²) in [4.78, 5) is 100. The van der Waals surface area contributed by atoms with E-state index in [0.717, 1.165) is 5.13 Å². The van der Waals surface area contributed by atoms with Gasteiger partial charge in [0.2, 0.25) is 0 Å². The second kappa shape index (κ2) is 41.1. The molecule has 0 aliphatic rings. The number of aromatic amines is 3. The smallest absolute Gasteiger partial charge is 0.870 e. The maximum Gasteiger partial charge on any atom is 1.00 e. The van der Waals surface area contributed by atoms with Crippen LogP contribution in [0.2, 0.25) is 20.1 Å². The maximum absolute atomic E-state index is 12.3. The molecule has 9 rings (SSSR count). The number of Topliss-reactive ketones (excluding diaryl/α,β-unsaturated/α-hetero) is 1. The van der Waals surface area contributed by atoms with Gasteiger partial charge in [-0.25, -0.2) is 24.4 Å². The summed E-state index contributed by atoms with van der Waals surface area (Å²) in [6, 6.07) is 19.0. The first-order chi connectivity index (χ1) is 43.1. The summed E-state index contributed by atoms with van der Waals surface area (Å²) in [5.74, 6) is 0.659. The number of anilines is 1. The molecule has 0 aliphatic heterocycles. The monoisotopic (exact) mass is 1440 g/mol. The van der Waals surface area contributed by atoms with Crippen molar-refractivity contribution in [2.75, 3.05) is 54.6 Å². The average molecular weight is 1440 g/mol. The van der Waals surface area contributed by atoms with E-state index in [2.05, 4.69) is 57.2 Å². The molecule has 0 unspecified atom stereocenters. The number of carbonyl (C=O) groups is 4. The fraction of sp³-hybridized carbons (Fsp3) is 0.323. The van der Waals surface area contributed by atoms with Crippen molar-refractivity contribution >= 4 is 148 Å². The SMILES string of the molecule is C.C.C.CC(C)NC(N)=S.CCC(=O)c1cc(OC(=O)OCC(C)C)c2ccc(OC)c(Cl)c2n1.COC(=O)c1cc(=O)c2ccc(OC)c(Cl)c2[nH]1.COC(=O)c1cc(=O)c2ccc(OC)c(Cl)c2[nH]1.COc1ccc2c(=O)cc(-c3csc(NC(C)C)n3)[nH]c2c1Cl.[Li+].[OH-]. The number of thiazole rings is 1. The standard InChI is InChI=1S/C18H20ClNO5.C16H16ClN3O2S.2C12H10ClNO4.C4H10N2S.3CH4.Li.H2O/c1-5-13(21)12-8-15(25-18(22)24-9-10(2)3)11-6-7-14(23-4)16(19)17(11)20-12;1-8(2)18-16-20-11(7-23-16)10-6-12(21)9-4-5-13(22-3)14(17)15(9)19-10;2*1-17-9-4-3-6-8(15)5-7(12(16)18-2)14-11(6)10(9)13;1-3(2)6-4(5)7;;;;;/h6-8,10H,5,9H2,1-4H3;4-8H,1-3H3,(H,18,20)(H,19,21);2*3-5H,1-2H3,(H,14,15);3H,1-2H3,(H3,5,6,7);3*1H4;;1H2/q;;;;;;;;+1;/p-1. The van der Waals surface area contributed by atoms with Crippen LogP contribution in [-0.2, 0) is 14.2 Å². The van der Waals surface area contributed by atoms with E-state index in [9.17, 15) is 33.6 Å². The largest absolute Gasteiger partial charge is 1.00 e. The van der Waals surface area contributed by atoms with E-state index < -0.39 is 18.1 Å². The molecule has 9 aromatic rings. The predicted octanol–water partition coefficient (Wildman–Crippen LogP) is 11.7. The van der Waals surface area contributed by atoms with Crippen molar-refractivity contribution in [3.63, 3.8) is 0 Å². The Labute approximate surface area is 596 Å². The number of pyridine rings is 4. The Kier molecular flexibility index (Phi) is 37.6. The van der Waals surface area contributed by atoms with Crippen molar-refractivity contribution in [1.29, 1.82) is 0 Å². The summed E-state index contributed by atoms with van der Waals surface area (Å²) in [7, 11) is 8.43. The third-order valence-electron chi connectivity index (χ3n) is 12.2.